The monoisotopic (exact) mass is 197 g/mol. The van der Waals surface area contributed by atoms with Crippen molar-refractivity contribution < 1.29 is 19.4 Å². The van der Waals surface area contributed by atoms with Crippen molar-refractivity contribution >= 4 is 5.97 Å². The number of carboxylic acids is 1. The first kappa shape index (κ1) is 10.3. The van der Waals surface area contributed by atoms with Crippen LogP contribution in [0.25, 0.3) is 0 Å². The fourth-order valence-electron chi connectivity index (χ4n) is 0.965. The van der Waals surface area contributed by atoms with Gasteiger partial charge in [-0.1, -0.05) is 0 Å². The highest BCUT2D eigenvalue weighted by atomic mass is 16.5. The van der Waals surface area contributed by atoms with Crippen LogP contribution in [0.3, 0.4) is 0 Å². The Hall–Kier alpha value is -1.78. The van der Waals surface area contributed by atoms with Gasteiger partial charge in [-0.05, 0) is 6.92 Å². The van der Waals surface area contributed by atoms with Crippen LogP contribution in [0.15, 0.2) is 12.3 Å². The van der Waals surface area contributed by atoms with E-state index in [-0.39, 0.29) is 5.69 Å². The number of carbonyl (C=O) groups is 1. The summed E-state index contributed by atoms with van der Waals surface area (Å²) in [5.41, 5.74) is -0.0645. The van der Waals surface area contributed by atoms with E-state index in [4.69, 9.17) is 14.6 Å². The molecule has 0 atom stereocenters. The molecule has 0 saturated carbocycles. The van der Waals surface area contributed by atoms with Crippen molar-refractivity contribution in [2.45, 2.75) is 6.92 Å². The van der Waals surface area contributed by atoms with Gasteiger partial charge in [0, 0.05) is 6.07 Å². The van der Waals surface area contributed by atoms with Crippen molar-refractivity contribution in [3.8, 4) is 11.5 Å². The maximum Gasteiger partial charge on any atom is 0.354 e. The van der Waals surface area contributed by atoms with E-state index >= 15 is 0 Å². The molecule has 1 aromatic heterocycles. The topological polar surface area (TPSA) is 68.7 Å². The summed E-state index contributed by atoms with van der Waals surface area (Å²) in [7, 11) is 1.45. The van der Waals surface area contributed by atoms with Crippen molar-refractivity contribution in [3.05, 3.63) is 18.0 Å². The zero-order valence-electron chi connectivity index (χ0n) is 7.98. The maximum absolute atomic E-state index is 10.6. The third-order valence-corrected chi connectivity index (χ3v) is 1.57. The highest BCUT2D eigenvalue weighted by Gasteiger charge is 2.10. The summed E-state index contributed by atoms with van der Waals surface area (Å²) in [5.74, 6) is -0.273. The molecule has 0 bridgehead atoms. The molecule has 0 radical (unpaired) electrons. The predicted molar refractivity (Wildman–Crippen MR) is 48.9 cm³/mol. The molecule has 0 aliphatic carbocycles. The summed E-state index contributed by atoms with van der Waals surface area (Å²) in [6.07, 6.45) is 1.34. The highest BCUT2D eigenvalue weighted by molar-refractivity contribution is 5.86. The van der Waals surface area contributed by atoms with Crippen LogP contribution in [-0.2, 0) is 0 Å². The zero-order valence-corrected chi connectivity index (χ0v) is 7.98. The van der Waals surface area contributed by atoms with E-state index in [2.05, 4.69) is 4.98 Å². The number of nitrogens with zero attached hydrogens (tertiary/aromatic N) is 1. The molecule has 0 aromatic carbocycles. The van der Waals surface area contributed by atoms with Gasteiger partial charge in [0.15, 0.2) is 17.2 Å². The number of rotatable bonds is 4. The first-order valence-electron chi connectivity index (χ1n) is 4.09. The molecule has 0 fully saturated rings. The molecule has 5 nitrogen and oxygen atoms in total. The van der Waals surface area contributed by atoms with Crippen molar-refractivity contribution in [1.82, 2.24) is 4.98 Å². The maximum atomic E-state index is 10.6. The van der Waals surface area contributed by atoms with Crippen LogP contribution < -0.4 is 9.47 Å². The first-order valence-corrected chi connectivity index (χ1v) is 4.09. The van der Waals surface area contributed by atoms with Gasteiger partial charge in [-0.3, -0.25) is 0 Å². The van der Waals surface area contributed by atoms with Crippen LogP contribution in [0.4, 0.5) is 0 Å². The fraction of sp³-hybridized carbons (Fsp3) is 0.333. The summed E-state index contributed by atoms with van der Waals surface area (Å²) < 4.78 is 10.1. The molecule has 1 rings (SSSR count). The Labute approximate surface area is 81.3 Å². The van der Waals surface area contributed by atoms with Crippen LogP contribution in [0.1, 0.15) is 17.4 Å². The second-order valence-electron chi connectivity index (χ2n) is 2.46. The van der Waals surface area contributed by atoms with Crippen LogP contribution in [0, 0.1) is 0 Å². The molecule has 1 N–H and O–H groups in total. The summed E-state index contributed by atoms with van der Waals surface area (Å²) in [6.45, 7) is 2.30. The fourth-order valence-corrected chi connectivity index (χ4v) is 0.965. The molecule has 0 saturated heterocycles. The lowest BCUT2D eigenvalue weighted by molar-refractivity contribution is 0.0690. The molecule has 0 amide bonds. The van der Waals surface area contributed by atoms with Crippen LogP contribution >= 0.6 is 0 Å². The van der Waals surface area contributed by atoms with Crippen molar-refractivity contribution in [3.63, 3.8) is 0 Å². The number of aromatic nitrogens is 1. The van der Waals surface area contributed by atoms with Crippen molar-refractivity contribution in [1.29, 1.82) is 0 Å². The summed E-state index contributed by atoms with van der Waals surface area (Å²) in [6, 6.07) is 1.33. The molecule has 0 aliphatic heterocycles. The molecule has 0 spiro atoms. The molecular formula is C9H11NO4. The molecule has 0 aliphatic rings. The number of pyridine rings is 1. The largest absolute Gasteiger partial charge is 0.493 e. The molecule has 14 heavy (non-hydrogen) atoms. The van der Waals surface area contributed by atoms with Crippen LogP contribution in [0.5, 0.6) is 11.5 Å². The Morgan fingerprint density at radius 1 is 1.57 bits per heavy atom. The van der Waals surface area contributed by atoms with Gasteiger partial charge in [0.05, 0.1) is 19.9 Å². The lowest BCUT2D eigenvalue weighted by Crippen LogP contribution is -2.03. The van der Waals surface area contributed by atoms with Gasteiger partial charge in [0.25, 0.3) is 0 Å². The lowest BCUT2D eigenvalue weighted by Gasteiger charge is -2.08. The minimum Gasteiger partial charge on any atom is -0.493 e. The number of methoxy groups -OCH3 is 1. The molecule has 5 heteroatoms. The second-order valence-corrected chi connectivity index (χ2v) is 2.46. The number of ether oxygens (including phenoxy) is 2. The van der Waals surface area contributed by atoms with E-state index in [1.165, 1.54) is 19.4 Å². The minimum atomic E-state index is -1.09. The Bertz CT molecular complexity index is 338. The van der Waals surface area contributed by atoms with Gasteiger partial charge in [-0.2, -0.15) is 0 Å². The molecule has 76 valence electrons. The Morgan fingerprint density at radius 3 is 2.79 bits per heavy atom. The molecule has 0 unspecified atom stereocenters. The number of carboxylic acid groups (broad SMARTS) is 1. The Morgan fingerprint density at radius 2 is 2.29 bits per heavy atom. The lowest BCUT2D eigenvalue weighted by atomic mass is 10.3. The van der Waals surface area contributed by atoms with Gasteiger partial charge in [0.2, 0.25) is 0 Å². The smallest absolute Gasteiger partial charge is 0.354 e. The summed E-state index contributed by atoms with van der Waals surface area (Å²) in [5, 5.41) is 8.67. The SMILES string of the molecule is CCOc1cnc(C(=O)O)cc1OC. The Kier molecular flexibility index (Phi) is 3.28. The van der Waals surface area contributed by atoms with Gasteiger partial charge < -0.3 is 14.6 Å². The average molecular weight is 197 g/mol. The van der Waals surface area contributed by atoms with E-state index in [9.17, 15) is 4.79 Å². The number of aromatic carboxylic acids is 1. The minimum absolute atomic E-state index is 0.0645. The Balaban J connectivity index is 3.04. The van der Waals surface area contributed by atoms with Crippen LogP contribution in [-0.4, -0.2) is 29.8 Å². The molecule has 1 aromatic rings. The van der Waals surface area contributed by atoms with E-state index in [0.717, 1.165) is 0 Å². The molecule has 1 heterocycles. The predicted octanol–water partition coefficient (Wildman–Crippen LogP) is 1.19. The van der Waals surface area contributed by atoms with E-state index in [1.807, 2.05) is 6.92 Å². The van der Waals surface area contributed by atoms with Crippen LogP contribution in [0.2, 0.25) is 0 Å². The van der Waals surface area contributed by atoms with Gasteiger partial charge >= 0.3 is 5.97 Å². The second kappa shape index (κ2) is 4.45. The van der Waals surface area contributed by atoms with E-state index < -0.39 is 5.97 Å². The van der Waals surface area contributed by atoms with Gasteiger partial charge in [0.1, 0.15) is 0 Å². The summed E-state index contributed by atoms with van der Waals surface area (Å²) >= 11 is 0. The van der Waals surface area contributed by atoms with Crippen molar-refractivity contribution in [2.75, 3.05) is 13.7 Å². The standard InChI is InChI=1S/C9H11NO4/c1-3-14-8-5-10-6(9(11)12)4-7(8)13-2/h4-5H,3H2,1-2H3,(H,11,12). The number of hydrogen-bond acceptors (Lipinski definition) is 4. The quantitative estimate of drug-likeness (QED) is 0.785. The van der Waals surface area contributed by atoms with E-state index in [0.29, 0.717) is 18.1 Å². The average Bonchev–Trinajstić information content (AvgIpc) is 2.18. The van der Waals surface area contributed by atoms with Gasteiger partial charge in [-0.25, -0.2) is 9.78 Å². The number of hydrogen-bond donors (Lipinski definition) is 1. The third kappa shape index (κ3) is 2.12. The first-order chi connectivity index (χ1) is 6.69. The van der Waals surface area contributed by atoms with Gasteiger partial charge in [-0.15, -0.1) is 0 Å². The normalized spacial score (nSPS) is 9.57. The molecular weight excluding hydrogens is 186 g/mol. The van der Waals surface area contributed by atoms with Crippen molar-refractivity contribution in [2.24, 2.45) is 0 Å². The summed E-state index contributed by atoms with van der Waals surface area (Å²) in [4.78, 5) is 14.3. The van der Waals surface area contributed by atoms with E-state index in [1.54, 1.807) is 0 Å². The highest BCUT2D eigenvalue weighted by Crippen LogP contribution is 2.26. The third-order valence-electron chi connectivity index (χ3n) is 1.57. The zero-order chi connectivity index (χ0) is 10.6.